The number of aromatic nitrogens is 4. The molecular weight excluding hydrogens is 668 g/mol. The van der Waals surface area contributed by atoms with E-state index >= 15 is 0 Å². The molecule has 1 aliphatic heterocycles. The Morgan fingerprint density at radius 2 is 1.04 bits per heavy atom. The Labute approximate surface area is 275 Å². The van der Waals surface area contributed by atoms with Crippen LogP contribution in [0.15, 0.2) is 0 Å². The van der Waals surface area contributed by atoms with Gasteiger partial charge in [-0.1, -0.05) is 57.7 Å². The van der Waals surface area contributed by atoms with Crippen LogP contribution in [0, 0.1) is 27.7 Å². The SMILES string of the molecule is Cc1c2[n-]c(c1CCC(=O)O)/C=c1\[n-]/c(c(C)c1CCC(=O)O)=C\c1[n-]c(c(C(C)O)c1C)/C=c1\[n-]/c(c(C(C)O)c1C)=C\2.[Ag]. The first kappa shape index (κ1) is 34.1. The number of fused-ring (bicyclic) bond motifs is 8. The molecule has 2 unspecified atom stereocenters. The van der Waals surface area contributed by atoms with E-state index in [1.54, 1.807) is 26.0 Å². The molecular formula is C34H36AgN4O6-4. The van der Waals surface area contributed by atoms with E-state index in [4.69, 9.17) is 19.9 Å². The van der Waals surface area contributed by atoms with Crippen LogP contribution in [0.3, 0.4) is 0 Å². The van der Waals surface area contributed by atoms with Crippen LogP contribution in [-0.4, -0.2) is 32.4 Å². The molecule has 5 heterocycles. The van der Waals surface area contributed by atoms with E-state index in [1.807, 2.05) is 39.8 Å². The van der Waals surface area contributed by atoms with Gasteiger partial charge in [-0.25, -0.2) is 0 Å². The number of hydrogen-bond acceptors (Lipinski definition) is 4. The van der Waals surface area contributed by atoms with Crippen molar-refractivity contribution in [2.75, 3.05) is 0 Å². The number of carbonyl (C=O) groups is 2. The van der Waals surface area contributed by atoms with Crippen molar-refractivity contribution in [2.45, 2.75) is 79.4 Å². The molecule has 8 bridgehead atoms. The van der Waals surface area contributed by atoms with Gasteiger partial charge in [0.2, 0.25) is 0 Å². The summed E-state index contributed by atoms with van der Waals surface area (Å²) in [5.41, 5.74) is 8.32. The van der Waals surface area contributed by atoms with Crippen LogP contribution in [-0.2, 0) is 44.8 Å². The largest absolute Gasteiger partial charge is 0.657 e. The molecule has 11 heteroatoms. The third-order valence-electron chi connectivity index (χ3n) is 8.49. The molecule has 0 saturated heterocycles. The second kappa shape index (κ2) is 13.3. The first-order valence-electron chi connectivity index (χ1n) is 14.6. The third-order valence-corrected chi connectivity index (χ3v) is 8.49. The van der Waals surface area contributed by atoms with Crippen LogP contribution in [0.1, 0.15) is 106 Å². The van der Waals surface area contributed by atoms with Gasteiger partial charge in [-0.15, -0.1) is 44.2 Å². The molecule has 2 atom stereocenters. The number of aliphatic hydroxyl groups is 2. The Morgan fingerprint density at radius 3 is 1.64 bits per heavy atom. The number of rotatable bonds is 8. The number of hydrogen-bond donors (Lipinski definition) is 4. The summed E-state index contributed by atoms with van der Waals surface area (Å²) >= 11 is 0. The van der Waals surface area contributed by atoms with Crippen molar-refractivity contribution in [3.8, 4) is 0 Å². The first-order chi connectivity index (χ1) is 20.8. The van der Waals surface area contributed by atoms with Crippen molar-refractivity contribution in [1.29, 1.82) is 0 Å². The number of carboxylic acids is 2. The molecule has 0 aromatic carbocycles. The van der Waals surface area contributed by atoms with Gasteiger partial charge in [0.25, 0.3) is 0 Å². The topological polar surface area (TPSA) is 171 Å². The predicted molar refractivity (Wildman–Crippen MR) is 164 cm³/mol. The van der Waals surface area contributed by atoms with Gasteiger partial charge in [-0.2, -0.15) is 0 Å². The van der Waals surface area contributed by atoms with E-state index in [9.17, 15) is 30.0 Å². The minimum atomic E-state index is -0.931. The minimum Gasteiger partial charge on any atom is -0.657 e. The van der Waals surface area contributed by atoms with Crippen LogP contribution in [0.25, 0.3) is 24.3 Å². The standard InChI is InChI=1S/C34H36N4O6.Ag/c1-15-21(7-9-31(41)42)27-14-28-22(8-10-32(43)44)16(2)24(36-28)12-29-34(20(6)40)18(4)26(38-29)13-30-33(19(5)39)17(3)25(37-30)11-23(15)35-27;/h11-14,19-20,39-40H,7-10H2,1-6H3,(H,41,42)(H,43,44);/q-4;/b23-11-,24-12?,25-11?,26-13-,27-14-,28-14?,29-12-,30-13?;. The summed E-state index contributed by atoms with van der Waals surface area (Å²) in [5.74, 6) is -1.86. The zero-order valence-corrected chi connectivity index (χ0v) is 27.5. The number of aliphatic carboxylic acids is 2. The third kappa shape index (κ3) is 6.61. The van der Waals surface area contributed by atoms with E-state index in [-0.39, 0.29) is 48.1 Å². The summed E-state index contributed by atoms with van der Waals surface area (Å²) in [6.45, 7) is 10.9. The van der Waals surface area contributed by atoms with Crippen molar-refractivity contribution in [3.05, 3.63) is 88.7 Å². The molecule has 0 aliphatic carbocycles. The summed E-state index contributed by atoms with van der Waals surface area (Å²) < 4.78 is 0. The zero-order valence-electron chi connectivity index (χ0n) is 26.0. The molecule has 4 N–H and O–H groups in total. The van der Waals surface area contributed by atoms with Crippen LogP contribution >= 0.6 is 0 Å². The van der Waals surface area contributed by atoms with Gasteiger partial charge in [-0.05, 0) is 65.5 Å². The fourth-order valence-corrected chi connectivity index (χ4v) is 6.15. The monoisotopic (exact) mass is 703 g/mol. The molecule has 1 radical (unpaired) electrons. The maximum Gasteiger partial charge on any atom is 0.303 e. The fourth-order valence-electron chi connectivity index (χ4n) is 6.15. The van der Waals surface area contributed by atoms with E-state index in [1.165, 1.54) is 0 Å². The molecule has 0 saturated carbocycles. The quantitative estimate of drug-likeness (QED) is 0.167. The van der Waals surface area contributed by atoms with E-state index in [0.29, 0.717) is 55.3 Å². The summed E-state index contributed by atoms with van der Waals surface area (Å²) in [6.07, 6.45) is 5.93. The van der Waals surface area contributed by atoms with Crippen molar-refractivity contribution in [1.82, 2.24) is 19.9 Å². The Kier molecular flexibility index (Phi) is 10.1. The Hall–Kier alpha value is -3.80. The van der Waals surface area contributed by atoms with E-state index < -0.39 is 24.1 Å². The summed E-state index contributed by atoms with van der Waals surface area (Å²) in [4.78, 5) is 42.6. The molecule has 4 aromatic rings. The number of aliphatic hydroxyl groups excluding tert-OH is 2. The molecule has 0 amide bonds. The molecule has 1 aliphatic rings. The van der Waals surface area contributed by atoms with Crippen molar-refractivity contribution >= 4 is 36.2 Å². The van der Waals surface area contributed by atoms with E-state index in [0.717, 1.165) is 33.4 Å². The van der Waals surface area contributed by atoms with Crippen molar-refractivity contribution in [2.24, 2.45) is 0 Å². The molecule has 10 nitrogen and oxygen atoms in total. The summed E-state index contributed by atoms with van der Waals surface area (Å²) in [5, 5.41) is 42.7. The second-order valence-corrected chi connectivity index (χ2v) is 11.5. The van der Waals surface area contributed by atoms with Crippen molar-refractivity contribution in [3.63, 3.8) is 0 Å². The molecule has 45 heavy (non-hydrogen) atoms. The van der Waals surface area contributed by atoms with Gasteiger partial charge in [0, 0.05) is 35.2 Å². The maximum absolute atomic E-state index is 11.5. The summed E-state index contributed by atoms with van der Waals surface area (Å²) in [7, 11) is 0. The first-order valence-corrected chi connectivity index (χ1v) is 14.6. The van der Waals surface area contributed by atoms with E-state index in [2.05, 4.69) is 0 Å². The number of carboxylic acid groups (broad SMARTS) is 2. The smallest absolute Gasteiger partial charge is 0.303 e. The van der Waals surface area contributed by atoms with Crippen molar-refractivity contribution < 1.29 is 52.4 Å². The van der Waals surface area contributed by atoms with Crippen LogP contribution < -0.4 is 41.3 Å². The minimum absolute atomic E-state index is 0. The Bertz CT molecular complexity index is 2040. The summed E-state index contributed by atoms with van der Waals surface area (Å²) in [6, 6.07) is 0. The van der Waals surface area contributed by atoms with Crippen LogP contribution in [0.5, 0.6) is 0 Å². The normalized spacial score (nSPS) is 16.5. The average Bonchev–Trinajstić information content (AvgIpc) is 3.59. The second-order valence-electron chi connectivity index (χ2n) is 11.5. The van der Waals surface area contributed by atoms with Gasteiger partial charge in [0.05, 0.1) is 12.2 Å². The van der Waals surface area contributed by atoms with Gasteiger partial charge in [0.15, 0.2) is 0 Å². The molecule has 5 rings (SSSR count). The molecule has 0 spiro atoms. The Balaban J connectivity index is 0.00000461. The van der Waals surface area contributed by atoms with Gasteiger partial charge in [0.1, 0.15) is 0 Å². The van der Waals surface area contributed by atoms with Gasteiger partial charge >= 0.3 is 11.9 Å². The number of nitrogens with zero attached hydrogens (tertiary/aromatic N) is 4. The maximum atomic E-state index is 11.5. The fraction of sp³-hybridized carbons (Fsp3) is 0.353. The van der Waals surface area contributed by atoms with Gasteiger partial charge in [-0.3, -0.25) is 9.59 Å². The average molecular weight is 705 g/mol. The van der Waals surface area contributed by atoms with Crippen LogP contribution in [0.4, 0.5) is 0 Å². The predicted octanol–water partition coefficient (Wildman–Crippen LogP) is 0.516. The molecule has 243 valence electrons. The van der Waals surface area contributed by atoms with Crippen LogP contribution in [0.2, 0.25) is 0 Å². The van der Waals surface area contributed by atoms with Gasteiger partial charge < -0.3 is 40.4 Å². The zero-order chi connectivity index (χ0) is 32.0. The molecule has 4 aromatic heterocycles. The molecule has 0 fully saturated rings. The Morgan fingerprint density at radius 1 is 0.578 bits per heavy atom.